The normalized spacial score (nSPS) is 26.0. The van der Waals surface area contributed by atoms with Crippen molar-refractivity contribution < 1.29 is 41.9 Å². The molecular weight excluding hydrogens is 582 g/mol. The third-order valence-corrected chi connectivity index (χ3v) is 9.32. The van der Waals surface area contributed by atoms with Crippen LogP contribution in [0.2, 0.25) is 0 Å². The predicted molar refractivity (Wildman–Crippen MR) is 156 cm³/mol. The lowest BCUT2D eigenvalue weighted by Gasteiger charge is -2.36. The zero-order valence-corrected chi connectivity index (χ0v) is 27.0. The van der Waals surface area contributed by atoms with Gasteiger partial charge in [-0.1, -0.05) is 26.8 Å². The Kier molecular flexibility index (Phi) is 9.50. The number of amides is 5. The van der Waals surface area contributed by atoms with Crippen LogP contribution in [0.1, 0.15) is 67.2 Å². The summed E-state index contributed by atoms with van der Waals surface area (Å²) in [6.45, 7) is 13.8. The zero-order chi connectivity index (χ0) is 32.7. The fraction of sp³-hybridized carbons (Fsp3) is 0.750. The van der Waals surface area contributed by atoms with Crippen molar-refractivity contribution in [1.29, 1.82) is 0 Å². The van der Waals surface area contributed by atoms with E-state index in [-0.39, 0.29) is 19.4 Å². The van der Waals surface area contributed by atoms with Gasteiger partial charge in [-0.3, -0.25) is 19.1 Å². The van der Waals surface area contributed by atoms with Crippen LogP contribution in [0.4, 0.5) is 9.59 Å². The molecule has 0 radical (unpaired) electrons. The minimum absolute atomic E-state index is 0.0860. The van der Waals surface area contributed by atoms with Crippen LogP contribution in [0, 0.1) is 11.3 Å². The molecule has 2 aliphatic carbocycles. The first-order valence-corrected chi connectivity index (χ1v) is 15.8. The Morgan fingerprint density at radius 2 is 1.67 bits per heavy atom. The maximum Gasteiger partial charge on any atom is 0.409 e. The summed E-state index contributed by atoms with van der Waals surface area (Å²) < 4.78 is 37.9. The summed E-state index contributed by atoms with van der Waals surface area (Å²) in [6.07, 6.45) is 0.0328. The largest absolute Gasteiger partial charge is 0.444 e. The SMILES string of the molecule is C=CC1CC1(NC(=O)[C@@H]1C[C@@H](OC(=O)N(C)C)CN1C(=O)[C@@H](NC(=O)OC(C)(C)C)C(C)(C)C)C(=O)NS(=O)(=O)C1CC1. The fourth-order valence-corrected chi connectivity index (χ4v) is 6.25. The van der Waals surface area contributed by atoms with Crippen molar-refractivity contribution in [3.05, 3.63) is 12.7 Å². The Morgan fingerprint density at radius 3 is 2.14 bits per heavy atom. The highest BCUT2D eigenvalue weighted by atomic mass is 32.2. The van der Waals surface area contributed by atoms with Gasteiger partial charge in [-0.2, -0.15) is 0 Å². The second kappa shape index (κ2) is 12.0. The molecule has 1 heterocycles. The van der Waals surface area contributed by atoms with Crippen LogP contribution in [0.3, 0.4) is 0 Å². The number of carbonyl (C=O) groups is 5. The van der Waals surface area contributed by atoms with Gasteiger partial charge in [0.25, 0.3) is 5.91 Å². The molecule has 3 fully saturated rings. The first-order valence-electron chi connectivity index (χ1n) is 14.3. The maximum absolute atomic E-state index is 14.0. The van der Waals surface area contributed by atoms with E-state index in [0.29, 0.717) is 12.8 Å². The van der Waals surface area contributed by atoms with E-state index in [1.54, 1.807) is 41.5 Å². The molecule has 242 valence electrons. The number of hydrogen-bond donors (Lipinski definition) is 3. The average Bonchev–Trinajstić information content (AvgIpc) is 3.77. The number of alkyl carbamates (subject to hydrolysis) is 1. The van der Waals surface area contributed by atoms with E-state index < -0.39 is 85.8 Å². The fourth-order valence-electron chi connectivity index (χ4n) is 4.88. The molecular formula is C28H45N5O9S. The number of nitrogens with zero attached hydrogens (tertiary/aromatic N) is 2. The van der Waals surface area contributed by atoms with Crippen molar-refractivity contribution in [1.82, 2.24) is 25.2 Å². The van der Waals surface area contributed by atoms with Crippen LogP contribution in [-0.4, -0.2) is 103 Å². The molecule has 0 bridgehead atoms. The van der Waals surface area contributed by atoms with Gasteiger partial charge in [0, 0.05) is 26.4 Å². The topological polar surface area (TPSA) is 181 Å². The lowest BCUT2D eigenvalue weighted by molar-refractivity contribution is -0.143. The minimum Gasteiger partial charge on any atom is -0.444 e. The van der Waals surface area contributed by atoms with Crippen molar-refractivity contribution in [2.45, 2.75) is 102 Å². The molecule has 0 aromatic heterocycles. The van der Waals surface area contributed by atoms with E-state index in [2.05, 4.69) is 21.9 Å². The van der Waals surface area contributed by atoms with Gasteiger partial charge < -0.3 is 29.9 Å². The molecule has 43 heavy (non-hydrogen) atoms. The Morgan fingerprint density at radius 1 is 1.07 bits per heavy atom. The number of likely N-dealkylation sites (tertiary alicyclic amines) is 1. The van der Waals surface area contributed by atoms with Crippen LogP contribution < -0.4 is 15.4 Å². The highest BCUT2D eigenvalue weighted by Gasteiger charge is 2.62. The van der Waals surface area contributed by atoms with Crippen LogP contribution >= 0.6 is 0 Å². The second-order valence-corrected chi connectivity index (χ2v) is 15.7. The number of rotatable bonds is 9. The van der Waals surface area contributed by atoms with Gasteiger partial charge in [-0.25, -0.2) is 18.0 Å². The van der Waals surface area contributed by atoms with Gasteiger partial charge in [0.15, 0.2) is 0 Å². The van der Waals surface area contributed by atoms with Crippen LogP contribution in [0.15, 0.2) is 12.7 Å². The quantitative estimate of drug-likeness (QED) is 0.317. The molecule has 2 saturated carbocycles. The molecule has 3 N–H and O–H groups in total. The predicted octanol–water partition coefficient (Wildman–Crippen LogP) is 1.26. The van der Waals surface area contributed by atoms with Crippen LogP contribution in [0.5, 0.6) is 0 Å². The van der Waals surface area contributed by atoms with Gasteiger partial charge in [-0.05, 0) is 45.4 Å². The molecule has 5 atom stereocenters. The molecule has 5 amide bonds. The monoisotopic (exact) mass is 627 g/mol. The Labute approximate surface area is 253 Å². The standard InChI is InChI=1S/C28H45N5O9S/c1-10-16-14-28(16,23(36)31-43(39,40)18-11-12-18)30-21(34)19-13-17(41-25(38)32(8)9)15-33(19)22(35)20(26(2,3)4)29-24(37)42-27(5,6)7/h10,16-20H,1,11-15H2,2-9H3,(H,29,37)(H,30,34)(H,31,36)/t16?,17-,19+,20-,28?/m1/s1. The van der Waals surface area contributed by atoms with E-state index >= 15 is 0 Å². The third-order valence-electron chi connectivity index (χ3n) is 7.50. The Balaban J connectivity index is 1.88. The molecule has 0 aromatic rings. The van der Waals surface area contributed by atoms with Gasteiger partial charge in [0.05, 0.1) is 11.8 Å². The molecule has 0 spiro atoms. The molecule has 14 nitrogen and oxygen atoms in total. The maximum atomic E-state index is 14.0. The molecule has 3 rings (SSSR count). The molecule has 15 heteroatoms. The van der Waals surface area contributed by atoms with Gasteiger partial charge >= 0.3 is 12.2 Å². The van der Waals surface area contributed by atoms with Crippen LogP contribution in [-0.2, 0) is 33.9 Å². The first-order chi connectivity index (χ1) is 19.6. The number of sulfonamides is 1. The third kappa shape index (κ3) is 8.18. The summed E-state index contributed by atoms with van der Waals surface area (Å²) in [4.78, 5) is 68.5. The van der Waals surface area contributed by atoms with Gasteiger partial charge in [0.2, 0.25) is 21.8 Å². The van der Waals surface area contributed by atoms with E-state index in [1.807, 2.05) is 0 Å². The van der Waals surface area contributed by atoms with Gasteiger partial charge in [0.1, 0.15) is 29.3 Å². The van der Waals surface area contributed by atoms with Crippen molar-refractivity contribution in [3.8, 4) is 0 Å². The summed E-state index contributed by atoms with van der Waals surface area (Å²) in [7, 11) is -0.904. The molecule has 1 aliphatic heterocycles. The number of carbonyl (C=O) groups excluding carboxylic acids is 5. The van der Waals surface area contributed by atoms with E-state index in [0.717, 1.165) is 0 Å². The summed E-state index contributed by atoms with van der Waals surface area (Å²) >= 11 is 0. The molecule has 0 aromatic carbocycles. The van der Waals surface area contributed by atoms with E-state index in [1.165, 1.54) is 30.0 Å². The highest BCUT2D eigenvalue weighted by molar-refractivity contribution is 7.91. The van der Waals surface area contributed by atoms with E-state index in [4.69, 9.17) is 9.47 Å². The first kappa shape index (κ1) is 34.1. The van der Waals surface area contributed by atoms with Crippen LogP contribution in [0.25, 0.3) is 0 Å². The minimum atomic E-state index is -3.89. The van der Waals surface area contributed by atoms with E-state index in [9.17, 15) is 32.4 Å². The highest BCUT2D eigenvalue weighted by Crippen LogP contribution is 2.45. The average molecular weight is 628 g/mol. The van der Waals surface area contributed by atoms with Gasteiger partial charge in [-0.15, -0.1) is 6.58 Å². The summed E-state index contributed by atoms with van der Waals surface area (Å²) in [5.74, 6) is -2.75. The zero-order valence-electron chi connectivity index (χ0n) is 26.2. The number of nitrogens with one attached hydrogen (secondary N) is 3. The lowest BCUT2D eigenvalue weighted by Crippen LogP contribution is -2.60. The van der Waals surface area contributed by atoms with Crippen molar-refractivity contribution in [2.75, 3.05) is 20.6 Å². The molecule has 2 unspecified atom stereocenters. The smallest absolute Gasteiger partial charge is 0.409 e. The lowest BCUT2D eigenvalue weighted by atomic mass is 9.85. The summed E-state index contributed by atoms with van der Waals surface area (Å²) in [5, 5.41) is 4.65. The Hall–Kier alpha value is -3.36. The summed E-state index contributed by atoms with van der Waals surface area (Å²) in [6, 6.07) is -2.34. The number of hydrogen-bond acceptors (Lipinski definition) is 9. The number of ether oxygens (including phenoxy) is 2. The summed E-state index contributed by atoms with van der Waals surface area (Å²) in [5.41, 5.74) is -3.22. The van der Waals surface area contributed by atoms with Crippen molar-refractivity contribution >= 4 is 39.9 Å². The Bertz CT molecular complexity index is 1270. The van der Waals surface area contributed by atoms with Crippen molar-refractivity contribution in [2.24, 2.45) is 11.3 Å². The molecule has 3 aliphatic rings. The van der Waals surface area contributed by atoms with Crippen molar-refractivity contribution in [3.63, 3.8) is 0 Å². The second-order valence-electron chi connectivity index (χ2n) is 13.8. The molecule has 1 saturated heterocycles.